The Morgan fingerprint density at radius 3 is 1.67 bits per heavy atom. The predicted octanol–water partition coefficient (Wildman–Crippen LogP) is 8.02. The Morgan fingerprint density at radius 1 is 0.741 bits per heavy atom. The van der Waals surface area contributed by atoms with Crippen molar-refractivity contribution in [3.63, 3.8) is 0 Å². The van der Waals surface area contributed by atoms with Gasteiger partial charge in [-0.25, -0.2) is 0 Å². The molecule has 3 aromatic carbocycles. The minimum atomic E-state index is 0.0376. The minimum Gasteiger partial charge on any atom is -0.289 e. The summed E-state index contributed by atoms with van der Waals surface area (Å²) < 4.78 is 0. The van der Waals surface area contributed by atoms with Gasteiger partial charge < -0.3 is 0 Å². The highest BCUT2D eigenvalue weighted by Crippen LogP contribution is 2.43. The van der Waals surface area contributed by atoms with Gasteiger partial charge in [0.05, 0.1) is 0 Å². The van der Waals surface area contributed by atoms with Gasteiger partial charge in [-0.15, -0.1) is 0 Å². The highest BCUT2D eigenvalue weighted by Gasteiger charge is 2.24. The largest absolute Gasteiger partial charge is 0.289 e. The summed E-state index contributed by atoms with van der Waals surface area (Å²) in [4.78, 5) is 0. The minimum absolute atomic E-state index is 0.0376. The van der Waals surface area contributed by atoms with Gasteiger partial charge in [-0.2, -0.15) is 0 Å². The molecule has 0 aliphatic carbocycles. The molecule has 3 rings (SSSR count). The van der Waals surface area contributed by atoms with Crippen LogP contribution in [0.15, 0.2) is 72.8 Å². The molecule has 0 fully saturated rings. The van der Waals surface area contributed by atoms with E-state index >= 15 is 0 Å². The van der Waals surface area contributed by atoms with Crippen molar-refractivity contribution in [3.8, 4) is 28.0 Å². The normalized spacial score (nSPS) is 11.5. The van der Waals surface area contributed by atoms with Gasteiger partial charge >= 0.3 is 0 Å². The van der Waals surface area contributed by atoms with E-state index in [2.05, 4.69) is 32.9 Å². The summed E-state index contributed by atoms with van der Waals surface area (Å²) in [5.74, 6) is 0.112. The molecule has 0 saturated heterocycles. The van der Waals surface area contributed by atoms with Gasteiger partial charge in [0.1, 0.15) is 0 Å². The maximum atomic E-state index is 13.3. The van der Waals surface area contributed by atoms with E-state index in [9.17, 15) is 5.11 Å². The van der Waals surface area contributed by atoms with Gasteiger partial charge in [-0.1, -0.05) is 101 Å². The summed E-state index contributed by atoms with van der Waals surface area (Å²) in [7, 11) is 0. The van der Waals surface area contributed by atoms with Crippen LogP contribution < -0.4 is 0 Å². The molecule has 0 amide bonds. The molecule has 27 heavy (non-hydrogen) atoms. The third-order valence-corrected chi connectivity index (χ3v) is 5.45. The second kappa shape index (κ2) is 8.43. The lowest BCUT2D eigenvalue weighted by Crippen LogP contribution is -2.17. The van der Waals surface area contributed by atoms with Gasteiger partial charge in [0.2, 0.25) is 0 Å². The molecular weight excluding hydrogens is 328 g/mol. The van der Waals surface area contributed by atoms with Crippen LogP contribution in [0, 0.1) is 0 Å². The van der Waals surface area contributed by atoms with Crippen molar-refractivity contribution < 1.29 is 5.11 Å². The van der Waals surface area contributed by atoms with E-state index in [1.54, 1.807) is 0 Å². The van der Waals surface area contributed by atoms with Crippen LogP contribution in [-0.4, -0.2) is 0 Å². The van der Waals surface area contributed by atoms with Crippen LogP contribution in [0.1, 0.15) is 52.0 Å². The topological polar surface area (TPSA) is 19.9 Å². The van der Waals surface area contributed by atoms with Crippen LogP contribution in [-0.2, 0) is 10.5 Å². The van der Waals surface area contributed by atoms with E-state index in [1.807, 2.05) is 60.7 Å². The molecule has 1 radical (unpaired) electrons. The summed E-state index contributed by atoms with van der Waals surface area (Å²) in [6, 6.07) is 24.3. The first-order chi connectivity index (χ1) is 13.0. The molecule has 0 atom stereocenters. The molecule has 0 spiro atoms. The van der Waals surface area contributed by atoms with E-state index in [4.69, 9.17) is 0 Å². The zero-order valence-corrected chi connectivity index (χ0v) is 16.7. The molecule has 1 heteroatoms. The predicted molar refractivity (Wildman–Crippen MR) is 115 cm³/mol. The number of hydrogen-bond donors (Lipinski definition) is 0. The van der Waals surface area contributed by atoms with Gasteiger partial charge in [0, 0.05) is 11.1 Å². The van der Waals surface area contributed by atoms with Crippen molar-refractivity contribution >= 4 is 0 Å². The summed E-state index contributed by atoms with van der Waals surface area (Å²) >= 11 is 0. The van der Waals surface area contributed by atoms with E-state index in [-0.39, 0.29) is 11.2 Å². The highest BCUT2D eigenvalue weighted by atomic mass is 16.3. The number of unbranched alkanes of at least 4 members (excludes halogenated alkanes) is 2. The van der Waals surface area contributed by atoms with Crippen molar-refractivity contribution in [2.75, 3.05) is 0 Å². The van der Waals surface area contributed by atoms with Crippen LogP contribution in [0.25, 0.3) is 22.3 Å². The van der Waals surface area contributed by atoms with Crippen LogP contribution in [0.5, 0.6) is 5.75 Å². The molecule has 139 valence electrons. The fourth-order valence-corrected chi connectivity index (χ4v) is 3.65. The van der Waals surface area contributed by atoms with Crippen LogP contribution >= 0.6 is 0 Å². The van der Waals surface area contributed by atoms with Crippen molar-refractivity contribution in [1.29, 1.82) is 0 Å². The fourth-order valence-electron chi connectivity index (χ4n) is 3.65. The van der Waals surface area contributed by atoms with Gasteiger partial charge in [0.25, 0.3) is 0 Å². The third kappa shape index (κ3) is 4.42. The summed E-state index contributed by atoms with van der Waals surface area (Å²) in [6.07, 6.45) is 4.81. The molecule has 0 unspecified atom stereocenters. The van der Waals surface area contributed by atoms with Crippen LogP contribution in [0.3, 0.4) is 0 Å². The molecule has 0 bridgehead atoms. The number of hydrogen-bond acceptors (Lipinski definition) is 0. The summed E-state index contributed by atoms with van der Waals surface area (Å²) in [5.41, 5.74) is 4.87. The van der Waals surface area contributed by atoms with Crippen molar-refractivity contribution in [3.05, 3.63) is 78.4 Å². The van der Waals surface area contributed by atoms with E-state index in [0.29, 0.717) is 0 Å². The monoisotopic (exact) mass is 357 g/mol. The zero-order valence-electron chi connectivity index (χ0n) is 16.7. The second-order valence-corrected chi connectivity index (χ2v) is 7.97. The number of rotatable bonds is 7. The molecule has 3 aromatic rings. The molecule has 1 nitrogen and oxygen atoms in total. The van der Waals surface area contributed by atoms with Crippen LogP contribution in [0.4, 0.5) is 0 Å². The van der Waals surface area contributed by atoms with Crippen molar-refractivity contribution in [2.45, 2.75) is 51.9 Å². The second-order valence-electron chi connectivity index (χ2n) is 7.97. The standard InChI is InChI=1S/C26H29O/c1-4-5-12-17-26(2,3)22-18-23(20-13-8-6-9-14-20)25(27)24(19-22)21-15-10-7-11-16-21/h6-11,13-16,18-19H,4-5,12,17H2,1-3H3. The van der Waals surface area contributed by atoms with Crippen LogP contribution in [0.2, 0.25) is 0 Å². The van der Waals surface area contributed by atoms with Gasteiger partial charge in [0.15, 0.2) is 5.75 Å². The van der Waals surface area contributed by atoms with E-state index in [0.717, 1.165) is 28.7 Å². The Morgan fingerprint density at radius 2 is 1.22 bits per heavy atom. The Labute approximate surface area is 163 Å². The van der Waals surface area contributed by atoms with Gasteiger partial charge in [-0.05, 0) is 40.7 Å². The highest BCUT2D eigenvalue weighted by molar-refractivity contribution is 5.83. The van der Waals surface area contributed by atoms with E-state index < -0.39 is 0 Å². The summed E-state index contributed by atoms with van der Waals surface area (Å²) in [5, 5.41) is 13.3. The first-order valence-corrected chi connectivity index (χ1v) is 9.99. The zero-order chi connectivity index (χ0) is 19.3. The maximum absolute atomic E-state index is 13.3. The Kier molecular flexibility index (Phi) is 6.01. The lowest BCUT2D eigenvalue weighted by atomic mass is 9.77. The lowest BCUT2D eigenvalue weighted by Gasteiger charge is -2.27. The Bertz CT molecular complexity index is 803. The first-order valence-electron chi connectivity index (χ1n) is 9.99. The summed E-state index contributed by atoms with van der Waals surface area (Å²) in [6.45, 7) is 6.83. The molecule has 0 aliphatic rings. The van der Waals surface area contributed by atoms with Crippen molar-refractivity contribution in [2.24, 2.45) is 0 Å². The van der Waals surface area contributed by atoms with E-state index in [1.165, 1.54) is 24.8 Å². The lowest BCUT2D eigenvalue weighted by molar-refractivity contribution is 0.358. The van der Waals surface area contributed by atoms with Gasteiger partial charge in [-0.3, -0.25) is 5.11 Å². The average molecular weight is 358 g/mol. The molecule has 0 aliphatic heterocycles. The number of benzene rings is 3. The molecular formula is C26H29O. The SMILES string of the molecule is CCCCCC(C)(C)c1cc(-c2ccccc2)c([O])c(-c2ccccc2)c1. The quantitative estimate of drug-likeness (QED) is 0.381. The maximum Gasteiger partial charge on any atom is 0.194 e. The Hall–Kier alpha value is -2.54. The average Bonchev–Trinajstić information content (AvgIpc) is 2.69. The molecule has 0 saturated carbocycles. The fraction of sp³-hybridized carbons (Fsp3) is 0.308. The molecule has 0 N–H and O–H groups in total. The Balaban J connectivity index is 2.14. The molecule has 0 aromatic heterocycles. The first kappa shape index (κ1) is 19.2. The molecule has 0 heterocycles. The smallest absolute Gasteiger partial charge is 0.194 e. The third-order valence-electron chi connectivity index (χ3n) is 5.45. The van der Waals surface area contributed by atoms with Crippen molar-refractivity contribution in [1.82, 2.24) is 0 Å².